The fraction of sp³-hybridized carbons (Fsp3) is 0.467. The minimum Gasteiger partial charge on any atom is -0.338 e. The van der Waals surface area contributed by atoms with Crippen LogP contribution in [0.15, 0.2) is 24.5 Å². The van der Waals surface area contributed by atoms with Crippen LogP contribution in [0.3, 0.4) is 0 Å². The number of carbonyl (C=O) groups is 1. The zero-order chi connectivity index (χ0) is 15.7. The first-order valence-corrected chi connectivity index (χ1v) is 7.28. The van der Waals surface area contributed by atoms with Crippen molar-refractivity contribution in [2.24, 2.45) is 0 Å². The van der Waals surface area contributed by atoms with Crippen LogP contribution in [0.4, 0.5) is 4.39 Å². The molecular formula is C15H18FN5O. The summed E-state index contributed by atoms with van der Waals surface area (Å²) < 4.78 is 15.4. The van der Waals surface area contributed by atoms with Crippen molar-refractivity contribution in [3.8, 4) is 5.69 Å². The Bertz CT molecular complexity index is 673. The van der Waals surface area contributed by atoms with Gasteiger partial charge in [0.15, 0.2) is 0 Å². The summed E-state index contributed by atoms with van der Waals surface area (Å²) in [5.74, 6) is -0.0538. The highest BCUT2D eigenvalue weighted by molar-refractivity contribution is 5.94. The third-order valence-corrected chi connectivity index (χ3v) is 4.13. The SMILES string of the molecule is Cc1cc(C(=O)N2CCC(C)(F)CC2)ccc1-n1cnnn1. The largest absolute Gasteiger partial charge is 0.338 e. The Hall–Kier alpha value is -2.31. The lowest BCUT2D eigenvalue weighted by Gasteiger charge is -2.34. The number of hydrogen-bond donors (Lipinski definition) is 0. The van der Waals surface area contributed by atoms with Gasteiger partial charge >= 0.3 is 0 Å². The van der Waals surface area contributed by atoms with Gasteiger partial charge in [-0.25, -0.2) is 9.07 Å². The third-order valence-electron chi connectivity index (χ3n) is 4.13. The molecule has 1 aromatic carbocycles. The predicted octanol–water partition coefficient (Wildman–Crippen LogP) is 1.93. The molecule has 22 heavy (non-hydrogen) atoms. The van der Waals surface area contributed by atoms with Gasteiger partial charge in [0.05, 0.1) is 5.69 Å². The van der Waals surface area contributed by atoms with Crippen LogP contribution in [-0.4, -0.2) is 49.8 Å². The monoisotopic (exact) mass is 303 g/mol. The number of piperidine rings is 1. The van der Waals surface area contributed by atoms with Crippen molar-refractivity contribution in [3.05, 3.63) is 35.7 Å². The molecule has 0 bridgehead atoms. The zero-order valence-corrected chi connectivity index (χ0v) is 12.7. The first-order valence-electron chi connectivity index (χ1n) is 7.28. The van der Waals surface area contributed by atoms with Crippen LogP contribution in [0.1, 0.15) is 35.7 Å². The highest BCUT2D eigenvalue weighted by Gasteiger charge is 2.31. The van der Waals surface area contributed by atoms with Crippen LogP contribution in [0.5, 0.6) is 0 Å². The quantitative estimate of drug-likeness (QED) is 0.850. The van der Waals surface area contributed by atoms with Crippen molar-refractivity contribution in [2.75, 3.05) is 13.1 Å². The molecule has 0 saturated carbocycles. The molecule has 1 aromatic heterocycles. The minimum atomic E-state index is -1.16. The van der Waals surface area contributed by atoms with E-state index in [-0.39, 0.29) is 5.91 Å². The highest BCUT2D eigenvalue weighted by atomic mass is 19.1. The van der Waals surface area contributed by atoms with Crippen LogP contribution in [0.2, 0.25) is 0 Å². The number of carbonyl (C=O) groups excluding carboxylic acids is 1. The molecule has 2 aromatic rings. The first kappa shape index (κ1) is 14.6. The number of tetrazole rings is 1. The van der Waals surface area contributed by atoms with E-state index in [9.17, 15) is 9.18 Å². The van der Waals surface area contributed by atoms with Crippen molar-refractivity contribution in [2.45, 2.75) is 32.4 Å². The van der Waals surface area contributed by atoms with Gasteiger partial charge in [-0.15, -0.1) is 5.10 Å². The fourth-order valence-corrected chi connectivity index (χ4v) is 2.68. The summed E-state index contributed by atoms with van der Waals surface area (Å²) >= 11 is 0. The predicted molar refractivity (Wildman–Crippen MR) is 78.5 cm³/mol. The normalized spacial score (nSPS) is 17.5. The van der Waals surface area contributed by atoms with Gasteiger partial charge in [-0.1, -0.05) is 0 Å². The van der Waals surface area contributed by atoms with Gasteiger partial charge in [-0.3, -0.25) is 4.79 Å². The molecule has 0 radical (unpaired) electrons. The van der Waals surface area contributed by atoms with Crippen LogP contribution in [0, 0.1) is 6.92 Å². The standard InChI is InChI=1S/C15H18FN5O/c1-11-9-12(3-4-13(11)21-10-17-18-19-21)14(22)20-7-5-15(2,16)6-8-20/h3-4,9-10H,5-8H2,1-2H3. The van der Waals surface area contributed by atoms with Gasteiger partial charge in [0.2, 0.25) is 0 Å². The summed E-state index contributed by atoms with van der Waals surface area (Å²) in [6.07, 6.45) is 2.29. The number of benzene rings is 1. The second-order valence-corrected chi connectivity index (χ2v) is 5.96. The maximum absolute atomic E-state index is 13.8. The van der Waals surface area contributed by atoms with E-state index in [2.05, 4.69) is 15.5 Å². The Kier molecular flexibility index (Phi) is 3.64. The van der Waals surface area contributed by atoms with E-state index in [4.69, 9.17) is 0 Å². The number of halogens is 1. The minimum absolute atomic E-state index is 0.0538. The molecule has 1 fully saturated rings. The van der Waals surface area contributed by atoms with Crippen molar-refractivity contribution >= 4 is 5.91 Å². The topological polar surface area (TPSA) is 63.9 Å². The second-order valence-electron chi connectivity index (χ2n) is 5.96. The van der Waals surface area contributed by atoms with Crippen molar-refractivity contribution < 1.29 is 9.18 Å². The number of aromatic nitrogens is 4. The van der Waals surface area contributed by atoms with E-state index in [1.165, 1.54) is 6.33 Å². The molecule has 1 saturated heterocycles. The Morgan fingerprint density at radius 3 is 2.64 bits per heavy atom. The van der Waals surface area contributed by atoms with E-state index >= 15 is 0 Å². The van der Waals surface area contributed by atoms with E-state index in [1.807, 2.05) is 19.1 Å². The molecule has 0 N–H and O–H groups in total. The Labute approximate surface area is 127 Å². The maximum atomic E-state index is 13.8. The average molecular weight is 303 g/mol. The smallest absolute Gasteiger partial charge is 0.253 e. The summed E-state index contributed by atoms with van der Waals surface area (Å²) in [6, 6.07) is 5.40. The van der Waals surface area contributed by atoms with E-state index in [0.29, 0.717) is 31.5 Å². The number of nitrogens with zero attached hydrogens (tertiary/aromatic N) is 5. The fourth-order valence-electron chi connectivity index (χ4n) is 2.68. The summed E-state index contributed by atoms with van der Waals surface area (Å²) in [7, 11) is 0. The lowest BCUT2D eigenvalue weighted by Crippen LogP contribution is -2.43. The van der Waals surface area contributed by atoms with Gasteiger partial charge < -0.3 is 4.90 Å². The Balaban J connectivity index is 1.78. The number of aryl methyl sites for hydroxylation is 1. The van der Waals surface area contributed by atoms with Crippen molar-refractivity contribution in [1.29, 1.82) is 0 Å². The molecule has 2 heterocycles. The van der Waals surface area contributed by atoms with Crippen LogP contribution in [0.25, 0.3) is 5.69 Å². The summed E-state index contributed by atoms with van der Waals surface area (Å²) in [5.41, 5.74) is 1.19. The molecular weight excluding hydrogens is 285 g/mol. The van der Waals surface area contributed by atoms with Gasteiger partial charge in [0.1, 0.15) is 12.0 Å². The summed E-state index contributed by atoms with van der Waals surface area (Å²) in [6.45, 7) is 4.42. The van der Waals surface area contributed by atoms with Gasteiger partial charge in [0.25, 0.3) is 5.91 Å². The molecule has 0 atom stereocenters. The molecule has 6 nitrogen and oxygen atoms in total. The molecule has 7 heteroatoms. The lowest BCUT2D eigenvalue weighted by molar-refractivity contribution is 0.0504. The van der Waals surface area contributed by atoms with Crippen molar-refractivity contribution in [1.82, 2.24) is 25.1 Å². The molecule has 0 aliphatic carbocycles. The van der Waals surface area contributed by atoms with E-state index in [1.54, 1.807) is 22.6 Å². The number of amides is 1. The van der Waals surface area contributed by atoms with Crippen LogP contribution in [-0.2, 0) is 0 Å². The number of likely N-dealkylation sites (tertiary alicyclic amines) is 1. The summed E-state index contributed by atoms with van der Waals surface area (Å²) in [5, 5.41) is 11.1. The van der Waals surface area contributed by atoms with Crippen molar-refractivity contribution in [3.63, 3.8) is 0 Å². The Morgan fingerprint density at radius 1 is 1.32 bits per heavy atom. The van der Waals surface area contributed by atoms with E-state index in [0.717, 1.165) is 11.3 Å². The molecule has 1 amide bonds. The number of rotatable bonds is 2. The zero-order valence-electron chi connectivity index (χ0n) is 12.7. The summed E-state index contributed by atoms with van der Waals surface area (Å²) in [4.78, 5) is 14.2. The highest BCUT2D eigenvalue weighted by Crippen LogP contribution is 2.26. The number of hydrogen-bond acceptors (Lipinski definition) is 4. The molecule has 1 aliphatic heterocycles. The third kappa shape index (κ3) is 2.84. The molecule has 116 valence electrons. The van der Waals surface area contributed by atoms with Crippen LogP contribution < -0.4 is 0 Å². The lowest BCUT2D eigenvalue weighted by atomic mass is 9.95. The number of alkyl halides is 1. The maximum Gasteiger partial charge on any atom is 0.253 e. The molecule has 1 aliphatic rings. The molecule has 3 rings (SSSR count). The molecule has 0 spiro atoms. The van der Waals surface area contributed by atoms with Gasteiger partial charge in [0, 0.05) is 18.7 Å². The van der Waals surface area contributed by atoms with Gasteiger partial charge in [-0.2, -0.15) is 0 Å². The van der Waals surface area contributed by atoms with Gasteiger partial charge in [-0.05, 0) is 60.9 Å². The van der Waals surface area contributed by atoms with Crippen LogP contribution >= 0.6 is 0 Å². The first-order chi connectivity index (χ1) is 10.5. The molecule has 0 unspecified atom stereocenters. The second kappa shape index (κ2) is 5.47. The average Bonchev–Trinajstić information content (AvgIpc) is 3.00. The Morgan fingerprint density at radius 2 is 2.05 bits per heavy atom. The van der Waals surface area contributed by atoms with E-state index < -0.39 is 5.67 Å².